The maximum absolute atomic E-state index is 5.98. The second-order valence-electron chi connectivity index (χ2n) is 6.58. The number of aliphatic imine (C=N–C) groups is 1. The number of nitrogens with zero attached hydrogens (tertiary/aromatic N) is 3. The molecule has 0 aliphatic carbocycles. The molecule has 2 rings (SSSR count). The van der Waals surface area contributed by atoms with E-state index in [-0.39, 0.29) is 0 Å². The van der Waals surface area contributed by atoms with E-state index < -0.39 is 0 Å². The summed E-state index contributed by atoms with van der Waals surface area (Å²) in [7, 11) is 0. The Hall–Kier alpha value is -1.88. The fourth-order valence-electron chi connectivity index (χ4n) is 2.69. The fraction of sp³-hybridized carbons (Fsp3) is 0.500. The summed E-state index contributed by atoms with van der Waals surface area (Å²) in [4.78, 5) is 9.16. The van der Waals surface area contributed by atoms with Crippen LogP contribution < -0.4 is 5.73 Å². The Bertz CT molecular complexity index is 607. The second kappa shape index (κ2) is 22.8. The highest BCUT2D eigenvalue weighted by Crippen LogP contribution is 2.21. The van der Waals surface area contributed by atoms with Crippen LogP contribution in [0.1, 0.15) is 41.0 Å². The summed E-state index contributed by atoms with van der Waals surface area (Å²) in [6.45, 7) is 23.9. The Kier molecular flexibility index (Phi) is 23.0. The number of allylic oxidation sites excluding steroid dienone is 8. The van der Waals surface area contributed by atoms with E-state index in [1.807, 2.05) is 51.3 Å². The SMILES string of the molecule is C=C/C(Cl)=C\C=C1/CN=CC=C1N1CCN(CCN)CC1.C=C/C=C\C.CC.CCC. The molecule has 0 amide bonds. The van der Waals surface area contributed by atoms with Crippen LogP contribution in [0.25, 0.3) is 0 Å². The lowest BCUT2D eigenvalue weighted by Gasteiger charge is -2.38. The van der Waals surface area contributed by atoms with Gasteiger partial charge in [0.15, 0.2) is 0 Å². The second-order valence-corrected chi connectivity index (χ2v) is 7.01. The van der Waals surface area contributed by atoms with Crippen LogP contribution in [0, 0.1) is 0 Å². The zero-order valence-electron chi connectivity index (χ0n) is 20.5. The summed E-state index contributed by atoms with van der Waals surface area (Å²) in [6, 6.07) is 0. The minimum atomic E-state index is 0.643. The Labute approximate surface area is 197 Å². The molecule has 2 N–H and O–H groups in total. The van der Waals surface area contributed by atoms with Gasteiger partial charge in [0.05, 0.1) is 6.54 Å². The molecule has 2 aliphatic heterocycles. The van der Waals surface area contributed by atoms with Crippen molar-refractivity contribution in [3.8, 4) is 0 Å². The van der Waals surface area contributed by atoms with Crippen LogP contribution >= 0.6 is 11.6 Å². The summed E-state index contributed by atoms with van der Waals surface area (Å²) in [6.07, 6.45) is 16.4. The molecule has 5 heteroatoms. The largest absolute Gasteiger partial charge is 0.369 e. The zero-order valence-corrected chi connectivity index (χ0v) is 21.2. The van der Waals surface area contributed by atoms with Gasteiger partial charge in [0.2, 0.25) is 0 Å². The van der Waals surface area contributed by atoms with Crippen LogP contribution in [0.15, 0.2) is 77.0 Å². The first-order valence-corrected chi connectivity index (χ1v) is 11.8. The van der Waals surface area contributed by atoms with Crippen molar-refractivity contribution in [1.82, 2.24) is 9.80 Å². The van der Waals surface area contributed by atoms with Crippen molar-refractivity contribution >= 4 is 17.8 Å². The molecular formula is C26H45ClN4. The van der Waals surface area contributed by atoms with Crippen LogP contribution in [0.4, 0.5) is 0 Å². The molecule has 176 valence electrons. The van der Waals surface area contributed by atoms with E-state index in [0.717, 1.165) is 39.3 Å². The zero-order chi connectivity index (χ0) is 23.9. The first kappa shape index (κ1) is 31.3. The third-order valence-corrected chi connectivity index (χ3v) is 4.33. The normalized spacial score (nSPS) is 17.5. The molecular weight excluding hydrogens is 404 g/mol. The summed E-state index contributed by atoms with van der Waals surface area (Å²) in [5, 5.41) is 0.643. The van der Waals surface area contributed by atoms with Gasteiger partial charge < -0.3 is 10.6 Å². The molecule has 4 nitrogen and oxygen atoms in total. The van der Waals surface area contributed by atoms with Crippen molar-refractivity contribution in [2.24, 2.45) is 10.7 Å². The van der Waals surface area contributed by atoms with Crippen molar-refractivity contribution in [3.63, 3.8) is 0 Å². The van der Waals surface area contributed by atoms with E-state index in [4.69, 9.17) is 17.3 Å². The molecule has 1 saturated heterocycles. The van der Waals surface area contributed by atoms with Crippen LogP contribution in [0.3, 0.4) is 0 Å². The molecule has 0 aromatic carbocycles. The van der Waals surface area contributed by atoms with Gasteiger partial charge in [-0.25, -0.2) is 0 Å². The highest BCUT2D eigenvalue weighted by molar-refractivity contribution is 6.31. The molecule has 2 heterocycles. The molecule has 0 bridgehead atoms. The van der Waals surface area contributed by atoms with E-state index in [0.29, 0.717) is 11.6 Å². The lowest BCUT2D eigenvalue weighted by Crippen LogP contribution is -2.47. The monoisotopic (exact) mass is 448 g/mol. The van der Waals surface area contributed by atoms with Crippen LogP contribution in [-0.4, -0.2) is 61.8 Å². The molecule has 31 heavy (non-hydrogen) atoms. The summed E-state index contributed by atoms with van der Waals surface area (Å²) >= 11 is 5.98. The first-order valence-electron chi connectivity index (χ1n) is 11.4. The molecule has 0 saturated carbocycles. The summed E-state index contributed by atoms with van der Waals surface area (Å²) in [5.41, 5.74) is 8.07. The number of nitrogens with two attached hydrogens (primary N) is 1. The van der Waals surface area contributed by atoms with Crippen molar-refractivity contribution < 1.29 is 0 Å². The molecule has 1 fully saturated rings. The number of piperazine rings is 1. The number of hydrogen-bond donors (Lipinski definition) is 1. The van der Waals surface area contributed by atoms with Gasteiger partial charge in [0.25, 0.3) is 0 Å². The van der Waals surface area contributed by atoms with Crippen LogP contribution in [-0.2, 0) is 0 Å². The Morgan fingerprint density at radius 2 is 1.81 bits per heavy atom. The van der Waals surface area contributed by atoms with Gasteiger partial charge in [0, 0.05) is 56.2 Å². The molecule has 2 aliphatic rings. The quantitative estimate of drug-likeness (QED) is 0.510. The highest BCUT2D eigenvalue weighted by Gasteiger charge is 2.20. The number of hydrogen-bond acceptors (Lipinski definition) is 4. The van der Waals surface area contributed by atoms with Gasteiger partial charge in [-0.1, -0.05) is 89.3 Å². The van der Waals surface area contributed by atoms with Crippen molar-refractivity contribution in [2.75, 3.05) is 45.8 Å². The molecule has 0 aromatic heterocycles. The lowest BCUT2D eigenvalue weighted by atomic mass is 10.1. The molecule has 0 atom stereocenters. The first-order chi connectivity index (χ1) is 15.1. The number of halogens is 1. The van der Waals surface area contributed by atoms with Gasteiger partial charge in [-0.2, -0.15) is 0 Å². The third-order valence-electron chi connectivity index (χ3n) is 4.05. The molecule has 0 spiro atoms. The third kappa shape index (κ3) is 15.6. The van der Waals surface area contributed by atoms with Gasteiger partial charge in [-0.15, -0.1) is 0 Å². The topological polar surface area (TPSA) is 44.9 Å². The summed E-state index contributed by atoms with van der Waals surface area (Å²) < 4.78 is 0. The minimum absolute atomic E-state index is 0.643. The number of dihydropyridines is 1. The van der Waals surface area contributed by atoms with Gasteiger partial charge >= 0.3 is 0 Å². The van der Waals surface area contributed by atoms with Gasteiger partial charge in [-0.3, -0.25) is 9.89 Å². The van der Waals surface area contributed by atoms with Crippen molar-refractivity contribution in [1.29, 1.82) is 0 Å². The minimum Gasteiger partial charge on any atom is -0.369 e. The average molecular weight is 449 g/mol. The van der Waals surface area contributed by atoms with Crippen LogP contribution in [0.2, 0.25) is 0 Å². The fourth-order valence-corrected chi connectivity index (χ4v) is 2.75. The Morgan fingerprint density at radius 3 is 2.26 bits per heavy atom. The molecule has 0 aromatic rings. The summed E-state index contributed by atoms with van der Waals surface area (Å²) in [5.74, 6) is 0. The van der Waals surface area contributed by atoms with E-state index >= 15 is 0 Å². The maximum Gasteiger partial charge on any atom is 0.0660 e. The van der Waals surface area contributed by atoms with E-state index in [2.05, 4.69) is 47.9 Å². The highest BCUT2D eigenvalue weighted by atomic mass is 35.5. The van der Waals surface area contributed by atoms with Gasteiger partial charge in [0.1, 0.15) is 0 Å². The standard InChI is InChI=1S/C16H23ClN4.C5H8.C3H8.C2H6/c1-2-15(17)4-3-14-13-19-7-5-16(14)21-11-9-20(8-6-18)10-12-21;1-3-5-4-2;1-3-2;1-2/h2-5,7H,1,6,8-13,18H2;3-5H,1H2,2H3;3H2,1-2H3;1-2H3/b14-3+,15-4+;5-4-;;. The van der Waals surface area contributed by atoms with E-state index in [9.17, 15) is 0 Å². The Morgan fingerprint density at radius 1 is 1.19 bits per heavy atom. The smallest absolute Gasteiger partial charge is 0.0660 e. The number of rotatable bonds is 6. The average Bonchev–Trinajstić information content (AvgIpc) is 2.81. The van der Waals surface area contributed by atoms with Crippen molar-refractivity contribution in [3.05, 3.63) is 72.0 Å². The molecule has 0 radical (unpaired) electrons. The van der Waals surface area contributed by atoms with Crippen molar-refractivity contribution in [2.45, 2.75) is 41.0 Å². The molecule has 0 unspecified atom stereocenters. The van der Waals surface area contributed by atoms with E-state index in [1.165, 1.54) is 17.7 Å². The van der Waals surface area contributed by atoms with E-state index in [1.54, 1.807) is 12.2 Å². The maximum atomic E-state index is 5.98. The van der Waals surface area contributed by atoms with Gasteiger partial charge in [-0.05, 0) is 24.6 Å². The Balaban J connectivity index is 0. The predicted molar refractivity (Wildman–Crippen MR) is 143 cm³/mol. The van der Waals surface area contributed by atoms with Crippen LogP contribution in [0.5, 0.6) is 0 Å². The lowest BCUT2D eigenvalue weighted by molar-refractivity contribution is 0.164. The predicted octanol–water partition coefficient (Wildman–Crippen LogP) is 5.96.